The van der Waals surface area contributed by atoms with Gasteiger partial charge in [-0.1, -0.05) is 0 Å². The summed E-state index contributed by atoms with van der Waals surface area (Å²) in [7, 11) is 1.85. The third kappa shape index (κ3) is 6.49. The maximum Gasteiger partial charge on any atom is 0.402 e. The number of likely N-dealkylation sites (tertiary alicyclic amines) is 1. The minimum absolute atomic E-state index is 0.0171. The number of aromatic nitrogens is 1. The van der Waals surface area contributed by atoms with Gasteiger partial charge in [-0.15, -0.1) is 0 Å². The van der Waals surface area contributed by atoms with E-state index in [-0.39, 0.29) is 25.0 Å². The van der Waals surface area contributed by atoms with Crippen molar-refractivity contribution >= 4 is 17.6 Å². The van der Waals surface area contributed by atoms with Crippen LogP contribution in [0.3, 0.4) is 0 Å². The van der Waals surface area contributed by atoms with Crippen LogP contribution in [0.25, 0.3) is 0 Å². The fourth-order valence-electron chi connectivity index (χ4n) is 5.50. The van der Waals surface area contributed by atoms with Crippen LogP contribution in [0.4, 0.5) is 19.0 Å². The Bertz CT molecular complexity index is 991. The highest BCUT2D eigenvalue weighted by Crippen LogP contribution is 2.36. The number of hydrogen-bond donors (Lipinski definition) is 2. The fourth-order valence-corrected chi connectivity index (χ4v) is 5.50. The Morgan fingerprint density at radius 3 is 2.65 bits per heavy atom. The molecule has 202 valence electrons. The van der Waals surface area contributed by atoms with Crippen LogP contribution < -0.4 is 15.8 Å². The molecule has 0 aromatic carbocycles. The maximum atomic E-state index is 13.6. The van der Waals surface area contributed by atoms with E-state index in [1.54, 1.807) is 6.07 Å². The SMILES string of the molecule is CN(CC[C@@H]1CCCN1C1CNNC(=O)C1C(F)(F)F)CC(=O)N1CCN(c2ccc(C#N)cn2)CC1. The molecule has 0 spiro atoms. The second-order valence-corrected chi connectivity index (χ2v) is 9.90. The highest BCUT2D eigenvalue weighted by molar-refractivity contribution is 5.80. The van der Waals surface area contributed by atoms with Crippen LogP contribution in [0.2, 0.25) is 0 Å². The lowest BCUT2D eigenvalue weighted by atomic mass is 9.94. The van der Waals surface area contributed by atoms with Crippen molar-refractivity contribution in [2.45, 2.75) is 37.5 Å². The predicted octanol–water partition coefficient (Wildman–Crippen LogP) is 0.570. The van der Waals surface area contributed by atoms with Gasteiger partial charge in [-0.2, -0.15) is 18.4 Å². The molecule has 2 unspecified atom stereocenters. The van der Waals surface area contributed by atoms with Crippen molar-refractivity contribution in [3.63, 3.8) is 0 Å². The first kappa shape index (κ1) is 27.1. The second-order valence-electron chi connectivity index (χ2n) is 9.90. The average Bonchev–Trinajstić information content (AvgIpc) is 3.35. The molecule has 0 saturated carbocycles. The van der Waals surface area contributed by atoms with Gasteiger partial charge in [0.25, 0.3) is 0 Å². The summed E-state index contributed by atoms with van der Waals surface area (Å²) >= 11 is 0. The van der Waals surface area contributed by atoms with Crippen molar-refractivity contribution in [1.82, 2.24) is 30.5 Å². The van der Waals surface area contributed by atoms with Crippen molar-refractivity contribution < 1.29 is 22.8 Å². The zero-order chi connectivity index (χ0) is 26.6. The molecule has 0 aliphatic carbocycles. The summed E-state index contributed by atoms with van der Waals surface area (Å²) < 4.78 is 40.9. The van der Waals surface area contributed by atoms with Crippen molar-refractivity contribution in [3.05, 3.63) is 23.9 Å². The quantitative estimate of drug-likeness (QED) is 0.535. The molecule has 1 aromatic rings. The van der Waals surface area contributed by atoms with Crippen molar-refractivity contribution in [3.8, 4) is 6.07 Å². The third-order valence-corrected chi connectivity index (χ3v) is 7.47. The van der Waals surface area contributed by atoms with Gasteiger partial charge >= 0.3 is 6.18 Å². The fraction of sp³-hybridized carbons (Fsp3) is 0.667. The molecule has 3 fully saturated rings. The molecule has 0 radical (unpaired) electrons. The Balaban J connectivity index is 1.24. The number of hydrazine groups is 1. The van der Waals surface area contributed by atoms with E-state index in [4.69, 9.17) is 5.26 Å². The van der Waals surface area contributed by atoms with Gasteiger partial charge in [0.15, 0.2) is 5.92 Å². The Morgan fingerprint density at radius 2 is 2.00 bits per heavy atom. The predicted molar refractivity (Wildman–Crippen MR) is 129 cm³/mol. The number of halogens is 3. The molecule has 4 rings (SSSR count). The largest absolute Gasteiger partial charge is 0.402 e. The number of alkyl halides is 3. The molecule has 1 aromatic heterocycles. The summed E-state index contributed by atoms with van der Waals surface area (Å²) in [4.78, 5) is 36.8. The van der Waals surface area contributed by atoms with Crippen molar-refractivity contribution in [2.75, 3.05) is 64.3 Å². The molecule has 3 atom stereocenters. The molecule has 0 bridgehead atoms. The number of nitrogens with zero attached hydrogens (tertiary/aromatic N) is 6. The number of carbonyl (C=O) groups is 2. The monoisotopic (exact) mass is 522 g/mol. The Labute approximate surface area is 214 Å². The minimum Gasteiger partial charge on any atom is -0.353 e. The first-order valence-electron chi connectivity index (χ1n) is 12.6. The van der Waals surface area contributed by atoms with E-state index >= 15 is 0 Å². The topological polar surface area (TPSA) is 108 Å². The van der Waals surface area contributed by atoms with Crippen LogP contribution in [-0.2, 0) is 9.59 Å². The summed E-state index contributed by atoms with van der Waals surface area (Å²) in [6.45, 7) is 3.82. The summed E-state index contributed by atoms with van der Waals surface area (Å²) in [5.74, 6) is -2.29. The minimum atomic E-state index is -4.60. The Kier molecular flexibility index (Phi) is 8.51. The van der Waals surface area contributed by atoms with Gasteiger partial charge in [-0.05, 0) is 51.5 Å². The number of rotatable bonds is 7. The van der Waals surface area contributed by atoms with Crippen LogP contribution in [0, 0.1) is 17.2 Å². The maximum absolute atomic E-state index is 13.6. The number of nitrogens with one attached hydrogen (secondary N) is 2. The van der Waals surface area contributed by atoms with E-state index < -0.39 is 24.0 Å². The molecule has 3 aliphatic heterocycles. The molecule has 13 heteroatoms. The zero-order valence-electron chi connectivity index (χ0n) is 20.9. The lowest BCUT2D eigenvalue weighted by Gasteiger charge is -2.41. The van der Waals surface area contributed by atoms with Crippen LogP contribution >= 0.6 is 0 Å². The van der Waals surface area contributed by atoms with E-state index in [0.29, 0.717) is 51.3 Å². The molecule has 4 heterocycles. The standard InChI is InChI=1S/C24H33F3N8O2/c1-32(16-21(36)34-11-9-33(10-12-34)20-5-4-17(13-28)14-29-20)8-6-18-3-2-7-35(18)19-15-30-31-23(37)22(19)24(25,26)27/h4-5,14,18-19,22,30H,2-3,6-12,15-16H2,1H3,(H,31,37)/t18-,19?,22?/m0/s1. The zero-order valence-corrected chi connectivity index (χ0v) is 20.9. The van der Waals surface area contributed by atoms with Gasteiger partial charge < -0.3 is 9.80 Å². The number of carbonyl (C=O) groups excluding carboxylic acids is 2. The normalized spacial score (nSPS) is 25.3. The van der Waals surface area contributed by atoms with E-state index in [9.17, 15) is 22.8 Å². The van der Waals surface area contributed by atoms with E-state index in [1.165, 1.54) is 6.20 Å². The molecule has 3 aliphatic rings. The second kappa shape index (κ2) is 11.6. The van der Waals surface area contributed by atoms with Gasteiger partial charge in [0, 0.05) is 51.0 Å². The molecule has 37 heavy (non-hydrogen) atoms. The van der Waals surface area contributed by atoms with Crippen LogP contribution in [0.15, 0.2) is 18.3 Å². The summed E-state index contributed by atoms with van der Waals surface area (Å²) in [5, 5.41) is 8.92. The number of nitriles is 1. The summed E-state index contributed by atoms with van der Waals surface area (Å²) in [6, 6.07) is 4.58. The number of amides is 2. The molecule has 3 saturated heterocycles. The molecule has 10 nitrogen and oxygen atoms in total. The third-order valence-electron chi connectivity index (χ3n) is 7.47. The first-order chi connectivity index (χ1) is 17.7. The Morgan fingerprint density at radius 1 is 1.24 bits per heavy atom. The van der Waals surface area contributed by atoms with E-state index in [1.807, 2.05) is 33.9 Å². The van der Waals surface area contributed by atoms with Crippen LogP contribution in [-0.4, -0.2) is 109 Å². The van der Waals surface area contributed by atoms with Crippen molar-refractivity contribution in [1.29, 1.82) is 5.26 Å². The summed E-state index contributed by atoms with van der Waals surface area (Å²) in [6.07, 6.45) is -0.877. The lowest BCUT2D eigenvalue weighted by Crippen LogP contribution is -2.65. The van der Waals surface area contributed by atoms with E-state index in [2.05, 4.69) is 20.7 Å². The number of hydrogen-bond acceptors (Lipinski definition) is 8. The number of anilines is 1. The van der Waals surface area contributed by atoms with Gasteiger partial charge in [0.05, 0.1) is 12.1 Å². The number of piperazine rings is 1. The highest BCUT2D eigenvalue weighted by Gasteiger charge is 2.54. The van der Waals surface area contributed by atoms with Crippen LogP contribution in [0.1, 0.15) is 24.8 Å². The smallest absolute Gasteiger partial charge is 0.353 e. The lowest BCUT2D eigenvalue weighted by molar-refractivity contribution is -0.201. The van der Waals surface area contributed by atoms with E-state index in [0.717, 1.165) is 18.7 Å². The number of pyridine rings is 1. The van der Waals surface area contributed by atoms with Gasteiger partial charge in [-0.25, -0.2) is 10.4 Å². The molecular weight excluding hydrogens is 489 g/mol. The molecule has 2 amide bonds. The van der Waals surface area contributed by atoms with Gasteiger partial charge in [0.1, 0.15) is 11.9 Å². The number of likely N-dealkylation sites (N-methyl/N-ethyl adjacent to an activating group) is 1. The highest BCUT2D eigenvalue weighted by atomic mass is 19.4. The van der Waals surface area contributed by atoms with Crippen LogP contribution in [0.5, 0.6) is 0 Å². The van der Waals surface area contributed by atoms with Gasteiger partial charge in [-0.3, -0.25) is 24.8 Å². The average molecular weight is 523 g/mol. The summed E-state index contributed by atoms with van der Waals surface area (Å²) in [5.41, 5.74) is 5.23. The van der Waals surface area contributed by atoms with Crippen molar-refractivity contribution in [2.24, 2.45) is 5.92 Å². The van der Waals surface area contributed by atoms with Gasteiger partial charge in [0.2, 0.25) is 11.8 Å². The molecular formula is C24H33F3N8O2. The molecule has 2 N–H and O–H groups in total. The first-order valence-corrected chi connectivity index (χ1v) is 12.6. The Hall–Kier alpha value is -2.95.